The summed E-state index contributed by atoms with van der Waals surface area (Å²) in [5.74, 6) is 0.669. The lowest BCUT2D eigenvalue weighted by Gasteiger charge is -2.15. The van der Waals surface area contributed by atoms with Gasteiger partial charge in [0.1, 0.15) is 12.3 Å². The van der Waals surface area contributed by atoms with E-state index in [9.17, 15) is 4.79 Å². The van der Waals surface area contributed by atoms with Gasteiger partial charge in [-0.15, -0.1) is 0 Å². The Kier molecular flexibility index (Phi) is 3.81. The quantitative estimate of drug-likeness (QED) is 0.816. The maximum absolute atomic E-state index is 11.5. The highest BCUT2D eigenvalue weighted by molar-refractivity contribution is 5.78. The molecule has 0 unspecified atom stereocenters. The third kappa shape index (κ3) is 3.01. The Labute approximate surface area is 122 Å². The van der Waals surface area contributed by atoms with Crippen LogP contribution in [-0.2, 0) is 11.8 Å². The van der Waals surface area contributed by atoms with Gasteiger partial charge >= 0.3 is 0 Å². The number of rotatable bonds is 5. The maximum atomic E-state index is 11.5. The summed E-state index contributed by atoms with van der Waals surface area (Å²) in [6, 6.07) is 0. The minimum Gasteiger partial charge on any atom is -0.474 e. The molecule has 0 aromatic carbocycles. The van der Waals surface area contributed by atoms with E-state index in [2.05, 4.69) is 15.1 Å². The summed E-state index contributed by atoms with van der Waals surface area (Å²) in [5, 5.41) is 4.13. The molecule has 7 nitrogen and oxygen atoms in total. The first-order chi connectivity index (χ1) is 10.2. The van der Waals surface area contributed by atoms with E-state index in [1.54, 1.807) is 23.3 Å². The van der Waals surface area contributed by atoms with Gasteiger partial charge in [-0.2, -0.15) is 5.10 Å². The lowest BCUT2D eigenvalue weighted by atomic mass is 10.2. The highest BCUT2D eigenvalue weighted by atomic mass is 16.5. The molecule has 0 aliphatic carbocycles. The predicted molar refractivity (Wildman–Crippen MR) is 75.5 cm³/mol. The van der Waals surface area contributed by atoms with E-state index in [1.807, 2.05) is 18.1 Å². The van der Waals surface area contributed by atoms with Crippen molar-refractivity contribution in [2.75, 3.05) is 19.7 Å². The summed E-state index contributed by atoms with van der Waals surface area (Å²) in [5.41, 5.74) is 1.52. The summed E-state index contributed by atoms with van der Waals surface area (Å²) in [6.07, 6.45) is 8.38. The Balaban J connectivity index is 1.67. The maximum Gasteiger partial charge on any atom is 0.240 e. The normalized spacial score (nSPS) is 14.7. The van der Waals surface area contributed by atoms with Crippen molar-refractivity contribution < 1.29 is 9.53 Å². The second-order valence-corrected chi connectivity index (χ2v) is 4.95. The molecule has 1 saturated heterocycles. The molecule has 110 valence electrons. The minimum absolute atomic E-state index is 0.199. The Bertz CT molecular complexity index is 640. The van der Waals surface area contributed by atoms with Crippen molar-refractivity contribution in [2.24, 2.45) is 7.05 Å². The van der Waals surface area contributed by atoms with Crippen molar-refractivity contribution in [1.29, 1.82) is 0 Å². The van der Waals surface area contributed by atoms with E-state index in [4.69, 9.17) is 4.74 Å². The van der Waals surface area contributed by atoms with Gasteiger partial charge in [0.25, 0.3) is 0 Å². The third-order valence-electron chi connectivity index (χ3n) is 3.41. The first-order valence-electron chi connectivity index (χ1n) is 6.94. The molecule has 0 radical (unpaired) electrons. The first-order valence-corrected chi connectivity index (χ1v) is 6.94. The number of carbonyl (C=O) groups is 1. The molecule has 0 spiro atoms. The largest absolute Gasteiger partial charge is 0.474 e. The van der Waals surface area contributed by atoms with Crippen LogP contribution in [0.5, 0.6) is 5.88 Å². The van der Waals surface area contributed by atoms with E-state index in [1.165, 1.54) is 0 Å². The van der Waals surface area contributed by atoms with Crippen LogP contribution in [0.3, 0.4) is 0 Å². The van der Waals surface area contributed by atoms with Crippen molar-refractivity contribution >= 4 is 5.91 Å². The summed E-state index contributed by atoms with van der Waals surface area (Å²) in [7, 11) is 1.85. The predicted octanol–water partition coefficient (Wildman–Crippen LogP) is 0.878. The van der Waals surface area contributed by atoms with Crippen molar-refractivity contribution in [3.63, 3.8) is 0 Å². The Morgan fingerprint density at radius 2 is 2.19 bits per heavy atom. The topological polar surface area (TPSA) is 73.1 Å². The number of nitrogens with zero attached hydrogens (tertiary/aromatic N) is 5. The van der Waals surface area contributed by atoms with Crippen LogP contribution in [0.2, 0.25) is 0 Å². The van der Waals surface area contributed by atoms with Crippen LogP contribution < -0.4 is 4.74 Å². The summed E-state index contributed by atoms with van der Waals surface area (Å²) in [6.45, 7) is 1.82. The van der Waals surface area contributed by atoms with E-state index < -0.39 is 0 Å². The van der Waals surface area contributed by atoms with Gasteiger partial charge < -0.3 is 9.64 Å². The number of aromatic nitrogens is 4. The zero-order valence-electron chi connectivity index (χ0n) is 11.9. The van der Waals surface area contributed by atoms with Gasteiger partial charge in [-0.3, -0.25) is 9.48 Å². The zero-order chi connectivity index (χ0) is 14.7. The van der Waals surface area contributed by atoms with Crippen LogP contribution >= 0.6 is 0 Å². The molecular weight excluding hydrogens is 270 g/mol. The molecule has 3 heterocycles. The molecule has 0 bridgehead atoms. The number of ether oxygens (including phenoxy) is 1. The van der Waals surface area contributed by atoms with Crippen molar-refractivity contribution in [2.45, 2.75) is 12.8 Å². The zero-order valence-corrected chi connectivity index (χ0v) is 11.9. The van der Waals surface area contributed by atoms with E-state index in [-0.39, 0.29) is 5.91 Å². The lowest BCUT2D eigenvalue weighted by molar-refractivity contribution is -0.128. The number of carbonyl (C=O) groups excluding carboxylic acids is 1. The standard InChI is InChI=1S/C14H17N5O2/c1-18-10-11(9-17-18)13-14(16-5-4-15-13)21-8-7-19-6-2-3-12(19)20/h4-5,9-10H,2-3,6-8H2,1H3. The van der Waals surface area contributed by atoms with Crippen molar-refractivity contribution in [3.05, 3.63) is 24.8 Å². The van der Waals surface area contributed by atoms with Gasteiger partial charge in [-0.05, 0) is 6.42 Å². The molecule has 3 rings (SSSR count). The summed E-state index contributed by atoms with van der Waals surface area (Å²) >= 11 is 0. The molecule has 1 amide bonds. The van der Waals surface area contributed by atoms with Gasteiger partial charge in [0.05, 0.1) is 12.7 Å². The Morgan fingerprint density at radius 1 is 1.33 bits per heavy atom. The highest BCUT2D eigenvalue weighted by Gasteiger charge is 2.20. The fraction of sp³-hybridized carbons (Fsp3) is 0.429. The Morgan fingerprint density at radius 3 is 2.90 bits per heavy atom. The van der Waals surface area contributed by atoms with Crippen LogP contribution in [0.15, 0.2) is 24.8 Å². The number of likely N-dealkylation sites (tertiary alicyclic amines) is 1. The second-order valence-electron chi connectivity index (χ2n) is 4.95. The molecule has 0 saturated carbocycles. The molecule has 1 fully saturated rings. The van der Waals surface area contributed by atoms with E-state index >= 15 is 0 Å². The Hall–Kier alpha value is -2.44. The van der Waals surface area contributed by atoms with Crippen LogP contribution in [0.1, 0.15) is 12.8 Å². The van der Waals surface area contributed by atoms with Crippen LogP contribution in [0.25, 0.3) is 11.3 Å². The van der Waals surface area contributed by atoms with Crippen LogP contribution in [0.4, 0.5) is 0 Å². The number of hydrogen-bond donors (Lipinski definition) is 0. The average Bonchev–Trinajstić information content (AvgIpc) is 3.09. The molecule has 7 heteroatoms. The van der Waals surface area contributed by atoms with Gasteiger partial charge in [0.2, 0.25) is 11.8 Å². The van der Waals surface area contributed by atoms with E-state index in [0.29, 0.717) is 31.1 Å². The highest BCUT2D eigenvalue weighted by Crippen LogP contribution is 2.24. The molecule has 1 aliphatic rings. The molecule has 0 N–H and O–H groups in total. The van der Waals surface area contributed by atoms with Crippen LogP contribution in [0, 0.1) is 0 Å². The molecular formula is C14H17N5O2. The first kappa shape index (κ1) is 13.5. The summed E-state index contributed by atoms with van der Waals surface area (Å²) in [4.78, 5) is 21.9. The fourth-order valence-electron chi connectivity index (χ4n) is 2.37. The molecule has 2 aromatic rings. The second kappa shape index (κ2) is 5.90. The lowest BCUT2D eigenvalue weighted by Crippen LogP contribution is -2.29. The molecule has 2 aromatic heterocycles. The minimum atomic E-state index is 0.199. The third-order valence-corrected chi connectivity index (χ3v) is 3.41. The van der Waals surface area contributed by atoms with Gasteiger partial charge in [-0.1, -0.05) is 0 Å². The SMILES string of the molecule is Cn1cc(-c2nccnc2OCCN2CCCC2=O)cn1. The molecule has 21 heavy (non-hydrogen) atoms. The van der Waals surface area contributed by atoms with Gasteiger partial charge in [0.15, 0.2) is 0 Å². The van der Waals surface area contributed by atoms with Gasteiger partial charge in [0, 0.05) is 44.2 Å². The number of amides is 1. The van der Waals surface area contributed by atoms with E-state index in [0.717, 1.165) is 18.5 Å². The number of aryl methyl sites for hydroxylation is 1. The van der Waals surface area contributed by atoms with Crippen molar-refractivity contribution in [3.8, 4) is 17.1 Å². The molecule has 0 atom stereocenters. The van der Waals surface area contributed by atoms with Crippen LogP contribution in [-0.4, -0.2) is 50.3 Å². The fourth-order valence-corrected chi connectivity index (χ4v) is 2.37. The smallest absolute Gasteiger partial charge is 0.240 e. The summed E-state index contributed by atoms with van der Waals surface area (Å²) < 4.78 is 7.41. The van der Waals surface area contributed by atoms with Gasteiger partial charge in [-0.25, -0.2) is 9.97 Å². The monoisotopic (exact) mass is 287 g/mol. The van der Waals surface area contributed by atoms with Crippen molar-refractivity contribution in [1.82, 2.24) is 24.6 Å². The molecule has 1 aliphatic heterocycles. The number of hydrogen-bond acceptors (Lipinski definition) is 5. The average molecular weight is 287 g/mol.